The van der Waals surface area contributed by atoms with Gasteiger partial charge in [-0.1, -0.05) is 19.3 Å². The minimum Gasteiger partial charge on any atom is -0.464 e. The molecule has 2 N–H and O–H groups in total. The molecule has 0 aromatic carbocycles. The number of esters is 1. The van der Waals surface area contributed by atoms with Crippen molar-refractivity contribution in [3.05, 3.63) is 11.9 Å². The number of methoxy groups -OCH3 is 1. The Balaban J connectivity index is 1.98. The van der Waals surface area contributed by atoms with Gasteiger partial charge < -0.3 is 15.4 Å². The first-order chi connectivity index (χ1) is 9.61. The fraction of sp³-hybridized carbons (Fsp3) is 0.615. The number of hydrogen-bond donors (Lipinski definition) is 2. The molecular formula is C13H20N4O3. The van der Waals surface area contributed by atoms with Gasteiger partial charge in [0.2, 0.25) is 0 Å². The largest absolute Gasteiger partial charge is 0.464 e. The van der Waals surface area contributed by atoms with E-state index in [4.69, 9.17) is 0 Å². The van der Waals surface area contributed by atoms with E-state index < -0.39 is 5.97 Å². The second-order valence-corrected chi connectivity index (χ2v) is 4.96. The molecule has 7 heteroatoms. The van der Waals surface area contributed by atoms with Gasteiger partial charge in [0.05, 0.1) is 19.0 Å². The molecule has 1 aliphatic rings. The van der Waals surface area contributed by atoms with E-state index in [1.54, 1.807) is 7.05 Å². The first kappa shape index (κ1) is 14.4. The Morgan fingerprint density at radius 2 is 2.05 bits per heavy atom. The van der Waals surface area contributed by atoms with Crippen LogP contribution in [0.1, 0.15) is 42.6 Å². The summed E-state index contributed by atoms with van der Waals surface area (Å²) >= 11 is 0. The summed E-state index contributed by atoms with van der Waals surface area (Å²) < 4.78 is 6.05. The number of rotatable bonds is 3. The maximum Gasteiger partial charge on any atom is 0.358 e. The van der Waals surface area contributed by atoms with Crippen LogP contribution in [0.4, 0.5) is 10.5 Å². The van der Waals surface area contributed by atoms with E-state index in [-0.39, 0.29) is 17.8 Å². The number of hydrogen-bond acceptors (Lipinski definition) is 4. The van der Waals surface area contributed by atoms with Crippen LogP contribution < -0.4 is 10.6 Å². The highest BCUT2D eigenvalue weighted by atomic mass is 16.5. The zero-order valence-corrected chi connectivity index (χ0v) is 11.8. The Kier molecular flexibility index (Phi) is 4.60. The van der Waals surface area contributed by atoms with Crippen LogP contribution >= 0.6 is 0 Å². The van der Waals surface area contributed by atoms with Gasteiger partial charge in [-0.2, -0.15) is 5.10 Å². The molecule has 0 atom stereocenters. The van der Waals surface area contributed by atoms with Crippen molar-refractivity contribution in [3.8, 4) is 0 Å². The zero-order chi connectivity index (χ0) is 14.5. The molecule has 0 radical (unpaired) electrons. The molecule has 1 aromatic rings. The lowest BCUT2D eigenvalue weighted by molar-refractivity contribution is 0.0589. The van der Waals surface area contributed by atoms with Crippen LogP contribution in [0.2, 0.25) is 0 Å². The molecular weight excluding hydrogens is 260 g/mol. The van der Waals surface area contributed by atoms with Crippen molar-refractivity contribution in [2.24, 2.45) is 7.05 Å². The molecule has 2 rings (SSSR count). The average molecular weight is 280 g/mol. The summed E-state index contributed by atoms with van der Waals surface area (Å²) in [5.41, 5.74) is 0.582. The lowest BCUT2D eigenvalue weighted by Crippen LogP contribution is -2.39. The van der Waals surface area contributed by atoms with Gasteiger partial charge in [-0.05, 0) is 12.8 Å². The number of aromatic nitrogens is 2. The molecule has 1 fully saturated rings. The summed E-state index contributed by atoms with van der Waals surface area (Å²) in [4.78, 5) is 23.6. The lowest BCUT2D eigenvalue weighted by atomic mass is 9.96. The number of urea groups is 1. The van der Waals surface area contributed by atoms with Gasteiger partial charge in [0.1, 0.15) is 0 Å². The first-order valence-corrected chi connectivity index (χ1v) is 6.79. The van der Waals surface area contributed by atoms with E-state index >= 15 is 0 Å². The highest BCUT2D eigenvalue weighted by molar-refractivity contribution is 5.99. The van der Waals surface area contributed by atoms with Gasteiger partial charge in [0.15, 0.2) is 5.69 Å². The molecule has 1 heterocycles. The van der Waals surface area contributed by atoms with Crippen molar-refractivity contribution in [3.63, 3.8) is 0 Å². The minimum absolute atomic E-state index is 0.210. The van der Waals surface area contributed by atoms with E-state index in [0.717, 1.165) is 25.7 Å². The summed E-state index contributed by atoms with van der Waals surface area (Å²) in [6.45, 7) is 0. The molecule has 0 spiro atoms. The van der Waals surface area contributed by atoms with Gasteiger partial charge in [-0.3, -0.25) is 4.68 Å². The molecule has 7 nitrogen and oxygen atoms in total. The Labute approximate surface area is 117 Å². The Morgan fingerprint density at radius 1 is 1.35 bits per heavy atom. The number of amides is 2. The third kappa shape index (κ3) is 3.28. The molecule has 0 bridgehead atoms. The van der Waals surface area contributed by atoms with Gasteiger partial charge in [0, 0.05) is 13.1 Å². The minimum atomic E-state index is -0.530. The van der Waals surface area contributed by atoms with Crippen LogP contribution in [0.15, 0.2) is 6.20 Å². The standard InChI is InChI=1S/C13H20N4O3/c1-17-11(12(18)20-2)10(8-14-17)16-13(19)15-9-6-4-3-5-7-9/h8-9H,3-7H2,1-2H3,(H2,15,16,19). The van der Waals surface area contributed by atoms with Crippen molar-refractivity contribution in [2.45, 2.75) is 38.1 Å². The van der Waals surface area contributed by atoms with E-state index in [9.17, 15) is 9.59 Å². The van der Waals surface area contributed by atoms with Crippen LogP contribution in [0, 0.1) is 0 Å². The van der Waals surface area contributed by atoms with Crippen molar-refractivity contribution in [1.82, 2.24) is 15.1 Å². The summed E-state index contributed by atoms with van der Waals surface area (Å²) in [5.74, 6) is -0.530. The maximum atomic E-state index is 11.9. The van der Waals surface area contributed by atoms with Crippen molar-refractivity contribution in [2.75, 3.05) is 12.4 Å². The fourth-order valence-corrected chi connectivity index (χ4v) is 2.46. The molecule has 110 valence electrons. The highest BCUT2D eigenvalue weighted by Crippen LogP contribution is 2.18. The lowest BCUT2D eigenvalue weighted by Gasteiger charge is -2.22. The number of nitrogens with zero attached hydrogens (tertiary/aromatic N) is 2. The molecule has 2 amide bonds. The Morgan fingerprint density at radius 3 is 2.70 bits per heavy atom. The second kappa shape index (κ2) is 6.40. The van der Waals surface area contributed by atoms with E-state index in [1.165, 1.54) is 24.4 Å². The molecule has 20 heavy (non-hydrogen) atoms. The number of aryl methyl sites for hydroxylation is 1. The van der Waals surface area contributed by atoms with E-state index in [2.05, 4.69) is 20.5 Å². The van der Waals surface area contributed by atoms with Gasteiger partial charge in [0.25, 0.3) is 0 Å². The zero-order valence-electron chi connectivity index (χ0n) is 11.8. The van der Waals surface area contributed by atoms with Crippen molar-refractivity contribution >= 4 is 17.7 Å². The Hall–Kier alpha value is -2.05. The highest BCUT2D eigenvalue weighted by Gasteiger charge is 2.21. The van der Waals surface area contributed by atoms with Crippen molar-refractivity contribution < 1.29 is 14.3 Å². The average Bonchev–Trinajstić information content (AvgIpc) is 2.80. The van der Waals surface area contributed by atoms with Gasteiger partial charge in [-0.25, -0.2) is 9.59 Å². The second-order valence-electron chi connectivity index (χ2n) is 4.96. The third-order valence-corrected chi connectivity index (χ3v) is 3.51. The summed E-state index contributed by atoms with van der Waals surface area (Å²) in [6, 6.07) is -0.1000. The normalized spacial score (nSPS) is 15.7. The van der Waals surface area contributed by atoms with Crippen LogP contribution in [0.5, 0.6) is 0 Å². The number of carbonyl (C=O) groups is 2. The van der Waals surface area contributed by atoms with Crippen LogP contribution in [0.25, 0.3) is 0 Å². The monoisotopic (exact) mass is 280 g/mol. The fourth-order valence-electron chi connectivity index (χ4n) is 2.46. The van der Waals surface area contributed by atoms with Crippen LogP contribution in [-0.2, 0) is 11.8 Å². The number of ether oxygens (including phenoxy) is 1. The summed E-state index contributed by atoms with van der Waals surface area (Å²) in [7, 11) is 2.91. The summed E-state index contributed by atoms with van der Waals surface area (Å²) in [5, 5.41) is 9.54. The van der Waals surface area contributed by atoms with Gasteiger partial charge in [-0.15, -0.1) is 0 Å². The SMILES string of the molecule is COC(=O)c1c(NC(=O)NC2CCCCC2)cnn1C. The van der Waals surface area contributed by atoms with Crippen LogP contribution in [0.3, 0.4) is 0 Å². The molecule has 0 saturated heterocycles. The van der Waals surface area contributed by atoms with Gasteiger partial charge >= 0.3 is 12.0 Å². The predicted molar refractivity (Wildman–Crippen MR) is 73.6 cm³/mol. The van der Waals surface area contributed by atoms with E-state index in [1.807, 2.05) is 0 Å². The molecule has 1 aliphatic carbocycles. The topological polar surface area (TPSA) is 85.2 Å². The number of anilines is 1. The van der Waals surface area contributed by atoms with Crippen LogP contribution in [-0.4, -0.2) is 34.9 Å². The quantitative estimate of drug-likeness (QED) is 0.825. The molecule has 1 aromatic heterocycles. The van der Waals surface area contributed by atoms with E-state index in [0.29, 0.717) is 5.69 Å². The molecule has 0 aliphatic heterocycles. The number of nitrogens with one attached hydrogen (secondary N) is 2. The Bertz CT molecular complexity index is 492. The predicted octanol–water partition coefficient (Wildman–Crippen LogP) is 1.66. The van der Waals surface area contributed by atoms with Crippen molar-refractivity contribution in [1.29, 1.82) is 0 Å². The summed E-state index contributed by atoms with van der Waals surface area (Å²) in [6.07, 6.45) is 6.97. The number of carbonyl (C=O) groups excluding carboxylic acids is 2. The molecule has 0 unspecified atom stereocenters. The maximum absolute atomic E-state index is 11.9. The third-order valence-electron chi connectivity index (χ3n) is 3.51. The first-order valence-electron chi connectivity index (χ1n) is 6.79. The smallest absolute Gasteiger partial charge is 0.358 e. The molecule has 1 saturated carbocycles.